The van der Waals surface area contributed by atoms with Gasteiger partial charge in [-0.1, -0.05) is 66.2 Å². The Labute approximate surface area is 215 Å². The number of esters is 1. The summed E-state index contributed by atoms with van der Waals surface area (Å²) in [5.74, 6) is -2.51. The minimum absolute atomic E-state index is 0.125. The Bertz CT molecular complexity index is 1460. The van der Waals surface area contributed by atoms with Gasteiger partial charge in [-0.15, -0.1) is 11.3 Å². The molecule has 4 aromatic rings. The standard InChI is InChI=1S/C29H18ClNO4S/c30-15-11-12-21(35-29(34)22-10-5-13-36-22)20(14-15)31-27(32)25-23-16-6-1-2-7-17(16)24(26(25)28(31)33)19-9-4-3-8-18(19)23/h1-14,23-26H/t23?,24?,25-,26-/m0/s1. The second-order valence-electron chi connectivity index (χ2n) is 9.26. The van der Waals surface area contributed by atoms with E-state index in [1.807, 2.05) is 24.3 Å². The molecule has 1 aliphatic heterocycles. The summed E-state index contributed by atoms with van der Waals surface area (Å²) < 4.78 is 5.67. The Morgan fingerprint density at radius 1 is 0.778 bits per heavy atom. The molecule has 1 aromatic heterocycles. The van der Waals surface area contributed by atoms with Crippen molar-refractivity contribution in [2.24, 2.45) is 11.8 Å². The molecule has 0 N–H and O–H groups in total. The smallest absolute Gasteiger partial charge is 0.353 e. The number of anilines is 1. The zero-order valence-corrected chi connectivity index (χ0v) is 20.3. The third-order valence-corrected chi connectivity index (χ3v) is 8.62. The van der Waals surface area contributed by atoms with Gasteiger partial charge < -0.3 is 4.74 Å². The van der Waals surface area contributed by atoms with Crippen LogP contribution in [0.1, 0.15) is 43.8 Å². The quantitative estimate of drug-likeness (QED) is 0.192. The number of halogens is 1. The predicted octanol–water partition coefficient (Wildman–Crippen LogP) is 6.02. The average Bonchev–Trinajstić information content (AvgIpc) is 3.53. The molecule has 176 valence electrons. The van der Waals surface area contributed by atoms with E-state index in [9.17, 15) is 14.4 Å². The van der Waals surface area contributed by atoms with Crippen molar-refractivity contribution in [2.45, 2.75) is 11.8 Å². The first-order valence-electron chi connectivity index (χ1n) is 11.7. The van der Waals surface area contributed by atoms with E-state index >= 15 is 0 Å². The highest BCUT2D eigenvalue weighted by atomic mass is 35.5. The lowest BCUT2D eigenvalue weighted by Gasteiger charge is -2.45. The van der Waals surface area contributed by atoms with E-state index in [0.717, 1.165) is 22.3 Å². The van der Waals surface area contributed by atoms with Crippen LogP contribution in [0, 0.1) is 11.8 Å². The van der Waals surface area contributed by atoms with E-state index in [1.165, 1.54) is 28.4 Å². The number of hydrogen-bond acceptors (Lipinski definition) is 5. The summed E-state index contributed by atoms with van der Waals surface area (Å²) in [6.07, 6.45) is 0. The number of ether oxygens (including phenoxy) is 1. The van der Waals surface area contributed by atoms with E-state index in [4.69, 9.17) is 16.3 Å². The van der Waals surface area contributed by atoms with Crippen LogP contribution >= 0.6 is 22.9 Å². The highest BCUT2D eigenvalue weighted by Gasteiger charge is 2.62. The SMILES string of the molecule is O=C(Oc1ccc(Cl)cc1N1C(=O)[C@H]2C3c4ccccc4C(c4ccccc43)[C@@H]2C1=O)c1cccs1. The molecule has 2 bridgehead atoms. The number of rotatable bonds is 3. The first-order chi connectivity index (χ1) is 17.5. The van der Waals surface area contributed by atoms with Gasteiger partial charge >= 0.3 is 5.97 Å². The van der Waals surface area contributed by atoms with Crippen molar-refractivity contribution in [3.63, 3.8) is 0 Å². The van der Waals surface area contributed by atoms with Crippen LogP contribution in [0.5, 0.6) is 5.75 Å². The zero-order chi connectivity index (χ0) is 24.6. The van der Waals surface area contributed by atoms with Gasteiger partial charge in [0, 0.05) is 16.9 Å². The second kappa shape index (κ2) is 7.88. The Balaban J connectivity index is 1.35. The fraction of sp³-hybridized carbons (Fsp3) is 0.138. The molecule has 2 amide bonds. The maximum absolute atomic E-state index is 14.1. The highest BCUT2D eigenvalue weighted by molar-refractivity contribution is 7.12. The van der Waals surface area contributed by atoms with Gasteiger partial charge in [0.25, 0.3) is 0 Å². The monoisotopic (exact) mass is 511 g/mol. The van der Waals surface area contributed by atoms with Crippen LogP contribution in [0.15, 0.2) is 84.2 Å². The van der Waals surface area contributed by atoms with Crippen molar-refractivity contribution in [1.29, 1.82) is 0 Å². The van der Waals surface area contributed by atoms with Crippen molar-refractivity contribution in [2.75, 3.05) is 4.90 Å². The third-order valence-electron chi connectivity index (χ3n) is 7.54. The van der Waals surface area contributed by atoms with Crippen LogP contribution in [0.2, 0.25) is 5.02 Å². The second-order valence-corrected chi connectivity index (χ2v) is 10.6. The van der Waals surface area contributed by atoms with Gasteiger partial charge in [-0.2, -0.15) is 0 Å². The average molecular weight is 512 g/mol. The number of imide groups is 1. The lowest BCUT2D eigenvalue weighted by molar-refractivity contribution is -0.122. The summed E-state index contributed by atoms with van der Waals surface area (Å²) in [5.41, 5.74) is 4.59. The van der Waals surface area contributed by atoms with E-state index < -0.39 is 17.8 Å². The molecule has 3 aliphatic carbocycles. The lowest BCUT2D eigenvalue weighted by atomic mass is 9.55. The molecule has 0 radical (unpaired) electrons. The molecule has 8 rings (SSSR count). The molecule has 5 nitrogen and oxygen atoms in total. The van der Waals surface area contributed by atoms with Crippen LogP contribution in [-0.2, 0) is 9.59 Å². The Morgan fingerprint density at radius 3 is 1.83 bits per heavy atom. The summed E-state index contributed by atoms with van der Waals surface area (Å²) >= 11 is 7.56. The lowest BCUT2D eigenvalue weighted by Crippen LogP contribution is -2.41. The molecular formula is C29H18ClNO4S. The van der Waals surface area contributed by atoms with Gasteiger partial charge in [0.05, 0.1) is 17.5 Å². The van der Waals surface area contributed by atoms with Crippen LogP contribution < -0.4 is 9.64 Å². The maximum Gasteiger partial charge on any atom is 0.353 e. The molecule has 1 fully saturated rings. The number of carbonyl (C=O) groups excluding carboxylic acids is 3. The first kappa shape index (κ1) is 21.5. The van der Waals surface area contributed by atoms with Crippen LogP contribution in [0.3, 0.4) is 0 Å². The van der Waals surface area contributed by atoms with E-state index in [1.54, 1.807) is 23.6 Å². The first-order valence-corrected chi connectivity index (χ1v) is 12.9. The largest absolute Gasteiger partial charge is 0.420 e. The van der Waals surface area contributed by atoms with E-state index in [-0.39, 0.29) is 35.1 Å². The van der Waals surface area contributed by atoms with E-state index in [2.05, 4.69) is 24.3 Å². The summed E-state index contributed by atoms with van der Waals surface area (Å²) in [4.78, 5) is 42.5. The van der Waals surface area contributed by atoms with Gasteiger partial charge in [-0.05, 0) is 51.9 Å². The Kier molecular flexibility index (Phi) is 4.72. The van der Waals surface area contributed by atoms with Gasteiger partial charge in [-0.25, -0.2) is 9.69 Å². The van der Waals surface area contributed by atoms with E-state index in [0.29, 0.717) is 9.90 Å². The molecule has 1 saturated heterocycles. The molecule has 3 aromatic carbocycles. The molecule has 4 aliphatic rings. The molecule has 7 heteroatoms. The number of benzene rings is 3. The van der Waals surface area contributed by atoms with Gasteiger partial charge in [0.2, 0.25) is 11.8 Å². The predicted molar refractivity (Wildman–Crippen MR) is 137 cm³/mol. The van der Waals surface area contributed by atoms with Crippen LogP contribution in [0.25, 0.3) is 0 Å². The molecule has 2 heterocycles. The van der Waals surface area contributed by atoms with Gasteiger partial charge in [0.15, 0.2) is 5.75 Å². The number of amides is 2. The number of thiophene rings is 1. The topological polar surface area (TPSA) is 63.7 Å². The molecule has 0 saturated carbocycles. The molecule has 36 heavy (non-hydrogen) atoms. The van der Waals surface area contributed by atoms with Crippen molar-refractivity contribution in [1.82, 2.24) is 0 Å². The van der Waals surface area contributed by atoms with Gasteiger partial charge in [-0.3, -0.25) is 9.59 Å². The number of carbonyl (C=O) groups is 3. The number of nitrogens with zero attached hydrogens (tertiary/aromatic N) is 1. The summed E-state index contributed by atoms with van der Waals surface area (Å²) in [7, 11) is 0. The third kappa shape index (κ3) is 2.92. The Hall–Kier alpha value is -3.74. The van der Waals surface area contributed by atoms with Gasteiger partial charge in [0.1, 0.15) is 4.88 Å². The molecule has 0 spiro atoms. The van der Waals surface area contributed by atoms with Crippen molar-refractivity contribution in [3.8, 4) is 5.75 Å². The summed E-state index contributed by atoms with van der Waals surface area (Å²) in [5, 5.41) is 2.12. The summed E-state index contributed by atoms with van der Waals surface area (Å²) in [6, 6.07) is 24.2. The highest BCUT2D eigenvalue weighted by Crippen LogP contribution is 2.61. The summed E-state index contributed by atoms with van der Waals surface area (Å²) in [6.45, 7) is 0. The van der Waals surface area contributed by atoms with Crippen LogP contribution in [-0.4, -0.2) is 17.8 Å². The normalized spacial score (nSPS) is 23.3. The minimum atomic E-state index is -0.551. The maximum atomic E-state index is 14.1. The Morgan fingerprint density at radius 2 is 1.33 bits per heavy atom. The fourth-order valence-corrected chi connectivity index (χ4v) is 6.98. The van der Waals surface area contributed by atoms with Crippen molar-refractivity contribution < 1.29 is 19.1 Å². The minimum Gasteiger partial charge on any atom is -0.420 e. The van der Waals surface area contributed by atoms with Crippen LogP contribution in [0.4, 0.5) is 5.69 Å². The molecule has 0 unspecified atom stereocenters. The molecule has 2 atom stereocenters. The van der Waals surface area contributed by atoms with Crippen molar-refractivity contribution >= 4 is 46.4 Å². The van der Waals surface area contributed by atoms with Crippen molar-refractivity contribution in [3.05, 3.63) is 116 Å². The molecular weight excluding hydrogens is 494 g/mol. The zero-order valence-electron chi connectivity index (χ0n) is 18.8. The fourth-order valence-electron chi connectivity index (χ4n) is 6.21. The number of hydrogen-bond donors (Lipinski definition) is 0.